The number of hydrogen-bond donors (Lipinski definition) is 1. The van der Waals surface area contributed by atoms with Gasteiger partial charge in [-0.2, -0.15) is 0 Å². The summed E-state index contributed by atoms with van der Waals surface area (Å²) < 4.78 is 31.3. The van der Waals surface area contributed by atoms with Gasteiger partial charge in [0.25, 0.3) is 0 Å². The molecule has 0 aliphatic heterocycles. The second kappa shape index (κ2) is 11.0. The normalized spacial score (nSPS) is 11.7. The minimum absolute atomic E-state index is 0.0590. The van der Waals surface area contributed by atoms with Crippen molar-refractivity contribution in [2.24, 2.45) is 0 Å². The van der Waals surface area contributed by atoms with Crippen LogP contribution in [0.3, 0.4) is 0 Å². The third-order valence-electron chi connectivity index (χ3n) is 4.27. The fraction of sp³-hybridized carbons (Fsp3) is 0.350. The molecule has 0 spiro atoms. The van der Waals surface area contributed by atoms with Crippen LogP contribution in [0.5, 0.6) is 5.75 Å². The van der Waals surface area contributed by atoms with Gasteiger partial charge < -0.3 is 15.0 Å². The molecule has 1 amide bonds. The van der Waals surface area contributed by atoms with Crippen molar-refractivity contribution in [1.29, 1.82) is 0 Å². The molecule has 2 aromatic rings. The Bertz CT molecular complexity index is 967. The first kappa shape index (κ1) is 24.4. The first-order valence-corrected chi connectivity index (χ1v) is 11.4. The number of hydrogen-bond acceptors (Lipinski definition) is 5. The molecule has 0 heterocycles. The number of anilines is 1. The number of carbonyl (C=O) groups excluding carboxylic acids is 1. The van der Waals surface area contributed by atoms with Crippen molar-refractivity contribution in [2.75, 3.05) is 46.2 Å². The Morgan fingerprint density at radius 1 is 1.03 bits per heavy atom. The van der Waals surface area contributed by atoms with Gasteiger partial charge in [-0.25, -0.2) is 12.7 Å². The standard InChI is InChI=1S/C20H25Cl2N3O4S/c1-24(2)30(27,28)17-8-9-18(22)19(14-17)23-20(26)10-11-25(3)12-13-29-16-6-4-15(21)5-7-16/h4-9,14H,10-13H2,1-3H3,(H,23,26). The lowest BCUT2D eigenvalue weighted by Crippen LogP contribution is -2.28. The van der Waals surface area contributed by atoms with Crippen molar-refractivity contribution < 1.29 is 17.9 Å². The average molecular weight is 474 g/mol. The maximum Gasteiger partial charge on any atom is 0.242 e. The maximum atomic E-state index is 12.3. The minimum atomic E-state index is -3.62. The highest BCUT2D eigenvalue weighted by atomic mass is 35.5. The van der Waals surface area contributed by atoms with Crippen molar-refractivity contribution >= 4 is 44.8 Å². The van der Waals surface area contributed by atoms with E-state index in [-0.39, 0.29) is 27.9 Å². The number of carbonyl (C=O) groups is 1. The van der Waals surface area contributed by atoms with E-state index in [9.17, 15) is 13.2 Å². The van der Waals surface area contributed by atoms with Gasteiger partial charge >= 0.3 is 0 Å². The van der Waals surface area contributed by atoms with Crippen molar-refractivity contribution in [3.8, 4) is 5.75 Å². The fourth-order valence-corrected chi connectivity index (χ4v) is 3.66. The van der Waals surface area contributed by atoms with Gasteiger partial charge in [0.15, 0.2) is 0 Å². The van der Waals surface area contributed by atoms with Gasteiger partial charge in [-0.3, -0.25) is 4.79 Å². The summed E-state index contributed by atoms with van der Waals surface area (Å²) in [7, 11) is 1.14. The molecule has 164 valence electrons. The third kappa shape index (κ3) is 7.14. The van der Waals surface area contributed by atoms with Crippen LogP contribution in [0.25, 0.3) is 0 Å². The summed E-state index contributed by atoms with van der Waals surface area (Å²) in [5.41, 5.74) is 0.262. The molecule has 0 bridgehead atoms. The molecule has 0 unspecified atom stereocenters. The topological polar surface area (TPSA) is 79.0 Å². The van der Waals surface area contributed by atoms with E-state index >= 15 is 0 Å². The quantitative estimate of drug-likeness (QED) is 0.570. The van der Waals surface area contributed by atoms with Crippen LogP contribution in [0.15, 0.2) is 47.4 Å². The Kier molecular flexibility index (Phi) is 8.93. The number of likely N-dealkylation sites (N-methyl/N-ethyl adjacent to an activating group) is 1. The molecular weight excluding hydrogens is 449 g/mol. The van der Waals surface area contributed by atoms with Crippen molar-refractivity contribution in [2.45, 2.75) is 11.3 Å². The van der Waals surface area contributed by atoms with Crippen LogP contribution in [0, 0.1) is 0 Å². The maximum absolute atomic E-state index is 12.3. The van der Waals surface area contributed by atoms with Crippen molar-refractivity contribution in [1.82, 2.24) is 9.21 Å². The lowest BCUT2D eigenvalue weighted by Gasteiger charge is -2.17. The fourth-order valence-electron chi connectivity index (χ4n) is 2.44. The first-order chi connectivity index (χ1) is 14.1. The summed E-state index contributed by atoms with van der Waals surface area (Å²) in [4.78, 5) is 14.3. The molecule has 2 aromatic carbocycles. The molecule has 0 aliphatic rings. The smallest absolute Gasteiger partial charge is 0.242 e. The van der Waals surface area contributed by atoms with E-state index in [1.54, 1.807) is 24.3 Å². The molecule has 0 radical (unpaired) electrons. The summed E-state index contributed by atoms with van der Waals surface area (Å²) in [5, 5.41) is 3.60. The molecular formula is C20H25Cl2N3O4S. The Hall–Kier alpha value is -1.84. The van der Waals surface area contributed by atoms with E-state index < -0.39 is 10.0 Å². The number of ether oxygens (including phenoxy) is 1. The molecule has 0 saturated carbocycles. The summed E-state index contributed by atoms with van der Waals surface area (Å²) in [6, 6.07) is 11.3. The highest BCUT2D eigenvalue weighted by Gasteiger charge is 2.19. The molecule has 0 atom stereocenters. The first-order valence-electron chi connectivity index (χ1n) is 9.18. The molecule has 2 rings (SSSR count). The summed E-state index contributed by atoms with van der Waals surface area (Å²) in [6.07, 6.45) is 0.221. The number of nitrogens with one attached hydrogen (secondary N) is 1. The SMILES string of the molecule is CN(CCOc1ccc(Cl)cc1)CCC(=O)Nc1cc(S(=O)(=O)N(C)C)ccc1Cl. The van der Waals surface area contributed by atoms with Gasteiger partial charge in [-0.05, 0) is 49.5 Å². The van der Waals surface area contributed by atoms with Gasteiger partial charge in [0.05, 0.1) is 15.6 Å². The van der Waals surface area contributed by atoms with Crippen LogP contribution >= 0.6 is 23.2 Å². The van der Waals surface area contributed by atoms with Crippen LogP contribution in [-0.4, -0.2) is 64.4 Å². The highest BCUT2D eigenvalue weighted by Crippen LogP contribution is 2.26. The monoisotopic (exact) mass is 473 g/mol. The zero-order chi connectivity index (χ0) is 22.3. The predicted octanol–water partition coefficient (Wildman–Crippen LogP) is 3.58. The molecule has 1 N–H and O–H groups in total. The van der Waals surface area contributed by atoms with Gasteiger partial charge in [0, 0.05) is 38.6 Å². The van der Waals surface area contributed by atoms with Gasteiger partial charge in [-0.1, -0.05) is 23.2 Å². The number of nitrogens with zero attached hydrogens (tertiary/aromatic N) is 2. The van der Waals surface area contributed by atoms with E-state index in [2.05, 4.69) is 5.32 Å². The summed E-state index contributed by atoms with van der Waals surface area (Å²) in [5.74, 6) is 0.467. The number of benzene rings is 2. The number of amides is 1. The minimum Gasteiger partial charge on any atom is -0.492 e. The molecule has 10 heteroatoms. The molecule has 0 aromatic heterocycles. The van der Waals surface area contributed by atoms with Crippen molar-refractivity contribution in [3.63, 3.8) is 0 Å². The Balaban J connectivity index is 1.83. The van der Waals surface area contributed by atoms with Crippen LogP contribution < -0.4 is 10.1 Å². The molecule has 0 saturated heterocycles. The average Bonchev–Trinajstić information content (AvgIpc) is 2.69. The van der Waals surface area contributed by atoms with E-state index in [1.807, 2.05) is 11.9 Å². The van der Waals surface area contributed by atoms with E-state index in [0.717, 1.165) is 10.1 Å². The predicted molar refractivity (Wildman–Crippen MR) is 120 cm³/mol. The Labute approximate surface area is 187 Å². The highest BCUT2D eigenvalue weighted by molar-refractivity contribution is 7.89. The molecule has 30 heavy (non-hydrogen) atoms. The largest absolute Gasteiger partial charge is 0.492 e. The van der Waals surface area contributed by atoms with Gasteiger partial charge in [0.2, 0.25) is 15.9 Å². The number of halogens is 2. The second-order valence-corrected chi connectivity index (χ2v) is 9.83. The summed E-state index contributed by atoms with van der Waals surface area (Å²) >= 11 is 11.9. The van der Waals surface area contributed by atoms with Crippen molar-refractivity contribution in [3.05, 3.63) is 52.5 Å². The Morgan fingerprint density at radius 3 is 2.33 bits per heavy atom. The third-order valence-corrected chi connectivity index (χ3v) is 6.66. The Morgan fingerprint density at radius 2 is 1.70 bits per heavy atom. The molecule has 0 aliphatic carbocycles. The van der Waals surface area contributed by atoms with E-state index in [4.69, 9.17) is 27.9 Å². The van der Waals surface area contributed by atoms with Gasteiger partial charge in [-0.15, -0.1) is 0 Å². The molecule has 7 nitrogen and oxygen atoms in total. The van der Waals surface area contributed by atoms with E-state index in [1.165, 1.54) is 32.3 Å². The molecule has 0 fully saturated rings. The van der Waals surface area contributed by atoms with Crippen LogP contribution in [0.4, 0.5) is 5.69 Å². The van der Waals surface area contributed by atoms with Gasteiger partial charge in [0.1, 0.15) is 12.4 Å². The zero-order valence-corrected chi connectivity index (χ0v) is 19.4. The number of sulfonamides is 1. The number of rotatable bonds is 10. The second-order valence-electron chi connectivity index (χ2n) is 6.83. The van der Waals surface area contributed by atoms with Crippen LogP contribution in [0.1, 0.15) is 6.42 Å². The summed E-state index contributed by atoms with van der Waals surface area (Å²) in [6.45, 7) is 1.60. The lowest BCUT2D eigenvalue weighted by molar-refractivity contribution is -0.116. The van der Waals surface area contributed by atoms with E-state index in [0.29, 0.717) is 24.7 Å². The van der Waals surface area contributed by atoms with Crippen LogP contribution in [-0.2, 0) is 14.8 Å². The van der Waals surface area contributed by atoms with Crippen LogP contribution in [0.2, 0.25) is 10.0 Å². The lowest BCUT2D eigenvalue weighted by atomic mass is 10.3. The zero-order valence-electron chi connectivity index (χ0n) is 17.1.